The SMILES string of the molecule is C[C@@]1(C2CC2)NC(=O)N(CN2CCN(Cc3cccs3)CC2)C1=O. The van der Waals surface area contributed by atoms with E-state index in [-0.39, 0.29) is 11.9 Å². The summed E-state index contributed by atoms with van der Waals surface area (Å²) < 4.78 is 0. The first-order chi connectivity index (χ1) is 11.6. The standard InChI is InChI=1S/C17H24N4O2S/c1-17(13-4-5-13)15(22)21(16(23)18-17)12-20-8-6-19(7-9-20)11-14-3-2-10-24-14/h2-3,10,13H,4-9,11-12H2,1H3,(H,18,23)/t17-/m0/s1. The minimum Gasteiger partial charge on any atom is -0.323 e. The maximum absolute atomic E-state index is 12.7. The van der Waals surface area contributed by atoms with E-state index >= 15 is 0 Å². The van der Waals surface area contributed by atoms with E-state index in [2.05, 4.69) is 32.6 Å². The Morgan fingerprint density at radius 3 is 2.54 bits per heavy atom. The number of carbonyl (C=O) groups excluding carboxylic acids is 2. The third-order valence-corrected chi connectivity index (χ3v) is 6.32. The summed E-state index contributed by atoms with van der Waals surface area (Å²) in [6.07, 6.45) is 2.08. The van der Waals surface area contributed by atoms with Crippen molar-refractivity contribution in [3.63, 3.8) is 0 Å². The second-order valence-corrected chi connectivity index (χ2v) is 8.29. The van der Waals surface area contributed by atoms with Crippen molar-refractivity contribution in [2.24, 2.45) is 5.92 Å². The van der Waals surface area contributed by atoms with E-state index in [9.17, 15) is 9.59 Å². The van der Waals surface area contributed by atoms with E-state index in [0.717, 1.165) is 45.6 Å². The van der Waals surface area contributed by atoms with Gasteiger partial charge in [-0.15, -0.1) is 11.3 Å². The molecule has 3 heterocycles. The van der Waals surface area contributed by atoms with Gasteiger partial charge in [-0.25, -0.2) is 9.69 Å². The Bertz CT molecular complexity index is 623. The topological polar surface area (TPSA) is 55.9 Å². The Kier molecular flexibility index (Phi) is 4.10. The van der Waals surface area contributed by atoms with Crippen LogP contribution in [0.2, 0.25) is 0 Å². The summed E-state index contributed by atoms with van der Waals surface area (Å²) in [5.74, 6) is 0.276. The van der Waals surface area contributed by atoms with Gasteiger partial charge < -0.3 is 5.32 Å². The molecule has 1 saturated carbocycles. The molecule has 3 fully saturated rings. The quantitative estimate of drug-likeness (QED) is 0.820. The fraction of sp³-hybridized carbons (Fsp3) is 0.647. The number of amides is 3. The molecule has 0 radical (unpaired) electrons. The van der Waals surface area contributed by atoms with Gasteiger partial charge in [0.2, 0.25) is 0 Å². The molecule has 7 heteroatoms. The number of nitrogens with one attached hydrogen (secondary N) is 1. The summed E-state index contributed by atoms with van der Waals surface area (Å²) in [7, 11) is 0. The van der Waals surface area contributed by atoms with E-state index in [1.165, 1.54) is 9.78 Å². The lowest BCUT2D eigenvalue weighted by molar-refractivity contribution is -0.133. The van der Waals surface area contributed by atoms with Gasteiger partial charge >= 0.3 is 6.03 Å². The highest BCUT2D eigenvalue weighted by atomic mass is 32.1. The predicted octanol–water partition coefficient (Wildman–Crippen LogP) is 1.54. The number of piperazine rings is 1. The molecule has 1 aromatic heterocycles. The zero-order chi connectivity index (χ0) is 16.7. The summed E-state index contributed by atoms with van der Waals surface area (Å²) in [4.78, 5) is 32.4. The van der Waals surface area contributed by atoms with Gasteiger partial charge in [-0.1, -0.05) is 6.07 Å². The van der Waals surface area contributed by atoms with Crippen molar-refractivity contribution in [1.29, 1.82) is 0 Å². The second-order valence-electron chi connectivity index (χ2n) is 7.25. The smallest absolute Gasteiger partial charge is 0.323 e. The van der Waals surface area contributed by atoms with Crippen molar-refractivity contribution in [1.82, 2.24) is 20.0 Å². The van der Waals surface area contributed by atoms with Crippen LogP contribution >= 0.6 is 11.3 Å². The molecule has 1 atom stereocenters. The largest absolute Gasteiger partial charge is 0.326 e. The van der Waals surface area contributed by atoms with E-state index in [4.69, 9.17) is 0 Å². The van der Waals surface area contributed by atoms with E-state index < -0.39 is 5.54 Å². The molecule has 24 heavy (non-hydrogen) atoms. The molecule has 1 aliphatic carbocycles. The molecule has 3 aliphatic rings. The molecule has 0 aromatic carbocycles. The number of carbonyl (C=O) groups is 2. The van der Waals surface area contributed by atoms with Crippen molar-refractivity contribution in [3.05, 3.63) is 22.4 Å². The highest BCUT2D eigenvalue weighted by Crippen LogP contribution is 2.42. The minimum atomic E-state index is -0.669. The summed E-state index contributed by atoms with van der Waals surface area (Å²) in [5.41, 5.74) is -0.669. The summed E-state index contributed by atoms with van der Waals surface area (Å²) in [5, 5.41) is 5.03. The first kappa shape index (κ1) is 16.1. The van der Waals surface area contributed by atoms with Crippen LogP contribution in [0.25, 0.3) is 0 Å². The third kappa shape index (κ3) is 2.96. The van der Waals surface area contributed by atoms with E-state index in [1.807, 2.05) is 6.92 Å². The highest BCUT2D eigenvalue weighted by Gasteiger charge is 2.56. The second kappa shape index (κ2) is 6.13. The van der Waals surface area contributed by atoms with Gasteiger partial charge in [0, 0.05) is 37.6 Å². The Balaban J connectivity index is 1.30. The molecule has 0 spiro atoms. The molecule has 130 valence electrons. The lowest BCUT2D eigenvalue weighted by Gasteiger charge is -2.35. The summed E-state index contributed by atoms with van der Waals surface area (Å²) in [6.45, 7) is 7.02. The van der Waals surface area contributed by atoms with Crippen LogP contribution in [-0.4, -0.2) is 65.0 Å². The van der Waals surface area contributed by atoms with Crippen LogP contribution in [0, 0.1) is 5.92 Å². The number of rotatable bonds is 5. The maximum atomic E-state index is 12.7. The number of hydrogen-bond acceptors (Lipinski definition) is 5. The van der Waals surface area contributed by atoms with Crippen LogP contribution in [0.15, 0.2) is 17.5 Å². The van der Waals surface area contributed by atoms with Crippen LogP contribution in [0.1, 0.15) is 24.6 Å². The minimum absolute atomic E-state index is 0.0454. The first-order valence-corrected chi connectivity index (χ1v) is 9.55. The molecule has 4 rings (SSSR count). The van der Waals surface area contributed by atoms with Gasteiger partial charge in [0.1, 0.15) is 5.54 Å². The fourth-order valence-electron chi connectivity index (χ4n) is 3.69. The lowest BCUT2D eigenvalue weighted by atomic mass is 9.96. The van der Waals surface area contributed by atoms with Crippen LogP contribution in [0.3, 0.4) is 0 Å². The fourth-order valence-corrected chi connectivity index (χ4v) is 4.44. The zero-order valence-electron chi connectivity index (χ0n) is 14.0. The van der Waals surface area contributed by atoms with Crippen molar-refractivity contribution in [2.45, 2.75) is 31.8 Å². The van der Waals surface area contributed by atoms with Crippen LogP contribution in [-0.2, 0) is 11.3 Å². The first-order valence-electron chi connectivity index (χ1n) is 8.67. The molecule has 0 bridgehead atoms. The Hall–Kier alpha value is -1.44. The lowest BCUT2D eigenvalue weighted by Crippen LogP contribution is -2.51. The zero-order valence-corrected chi connectivity index (χ0v) is 14.8. The number of imide groups is 1. The van der Waals surface area contributed by atoms with Crippen molar-refractivity contribution in [3.8, 4) is 0 Å². The predicted molar refractivity (Wildman–Crippen MR) is 92.5 cm³/mol. The van der Waals surface area contributed by atoms with E-state index in [0.29, 0.717) is 12.6 Å². The summed E-state index contributed by atoms with van der Waals surface area (Å²) >= 11 is 1.79. The number of hydrogen-bond donors (Lipinski definition) is 1. The van der Waals surface area contributed by atoms with Crippen molar-refractivity contribution < 1.29 is 9.59 Å². The molecule has 3 amide bonds. The molecule has 2 aliphatic heterocycles. The summed E-state index contributed by atoms with van der Waals surface area (Å²) in [6, 6.07) is 4.03. The van der Waals surface area contributed by atoms with Gasteiger partial charge in [-0.05, 0) is 37.1 Å². The normalized spacial score (nSPS) is 29.3. The monoisotopic (exact) mass is 348 g/mol. The van der Waals surface area contributed by atoms with Gasteiger partial charge in [-0.2, -0.15) is 0 Å². The Labute approximate surface area is 146 Å². The average molecular weight is 348 g/mol. The number of urea groups is 1. The van der Waals surface area contributed by atoms with Gasteiger partial charge in [0.25, 0.3) is 5.91 Å². The maximum Gasteiger partial charge on any atom is 0.326 e. The van der Waals surface area contributed by atoms with Crippen LogP contribution < -0.4 is 5.32 Å². The molecule has 2 saturated heterocycles. The number of thiophene rings is 1. The molecular weight excluding hydrogens is 324 g/mol. The van der Waals surface area contributed by atoms with Gasteiger partial charge in [-0.3, -0.25) is 14.6 Å². The molecule has 6 nitrogen and oxygen atoms in total. The highest BCUT2D eigenvalue weighted by molar-refractivity contribution is 7.09. The average Bonchev–Trinajstić information content (AvgIpc) is 3.27. The molecule has 0 unspecified atom stereocenters. The number of nitrogens with zero attached hydrogens (tertiary/aromatic N) is 3. The molecule has 1 N–H and O–H groups in total. The van der Waals surface area contributed by atoms with Crippen molar-refractivity contribution >= 4 is 23.3 Å². The molecule has 1 aromatic rings. The van der Waals surface area contributed by atoms with E-state index in [1.54, 1.807) is 11.3 Å². The van der Waals surface area contributed by atoms with Gasteiger partial charge in [0.05, 0.1) is 6.67 Å². The van der Waals surface area contributed by atoms with Crippen LogP contribution in [0.5, 0.6) is 0 Å². The third-order valence-electron chi connectivity index (χ3n) is 5.46. The van der Waals surface area contributed by atoms with Crippen molar-refractivity contribution in [2.75, 3.05) is 32.8 Å². The Morgan fingerprint density at radius 2 is 1.92 bits per heavy atom. The van der Waals surface area contributed by atoms with Crippen LogP contribution in [0.4, 0.5) is 4.79 Å². The van der Waals surface area contributed by atoms with Gasteiger partial charge in [0.15, 0.2) is 0 Å². The Morgan fingerprint density at radius 1 is 1.21 bits per heavy atom. The molecular formula is C17H24N4O2S.